The van der Waals surface area contributed by atoms with Gasteiger partial charge in [-0.2, -0.15) is 4.80 Å². The molecule has 0 unspecified atom stereocenters. The first-order chi connectivity index (χ1) is 17.3. The SMILES string of the molecule is CCCN(C(=O)Cn1nnc(-c2ccc(F)c(C)c2)n1)c1c(N)n(Cc2ccccc2)c(=O)[nH]c1=O. The van der Waals surface area contributed by atoms with Crippen LogP contribution in [0, 0.1) is 12.7 Å². The van der Waals surface area contributed by atoms with Gasteiger partial charge in [0, 0.05) is 12.1 Å². The van der Waals surface area contributed by atoms with Crippen LogP contribution in [-0.2, 0) is 17.9 Å². The van der Waals surface area contributed by atoms with Crippen molar-refractivity contribution in [3.63, 3.8) is 0 Å². The van der Waals surface area contributed by atoms with Crippen molar-refractivity contribution in [3.8, 4) is 11.4 Å². The van der Waals surface area contributed by atoms with Gasteiger partial charge >= 0.3 is 5.69 Å². The van der Waals surface area contributed by atoms with Crippen LogP contribution in [0.25, 0.3) is 11.4 Å². The Bertz CT molecular complexity index is 1510. The van der Waals surface area contributed by atoms with Gasteiger partial charge in [-0.05, 0) is 47.9 Å². The quantitative estimate of drug-likeness (QED) is 0.381. The predicted octanol–water partition coefficient (Wildman–Crippen LogP) is 1.71. The van der Waals surface area contributed by atoms with E-state index in [1.807, 2.05) is 37.3 Å². The molecule has 1 amide bonds. The van der Waals surface area contributed by atoms with E-state index in [-0.39, 0.29) is 42.8 Å². The Morgan fingerprint density at radius 3 is 2.61 bits per heavy atom. The van der Waals surface area contributed by atoms with E-state index < -0.39 is 17.2 Å². The van der Waals surface area contributed by atoms with E-state index in [0.29, 0.717) is 17.5 Å². The number of anilines is 2. The number of nitrogens with one attached hydrogen (secondary N) is 1. The van der Waals surface area contributed by atoms with Crippen LogP contribution in [0.5, 0.6) is 0 Å². The molecule has 0 atom stereocenters. The van der Waals surface area contributed by atoms with Gasteiger partial charge in [0.15, 0.2) is 5.69 Å². The van der Waals surface area contributed by atoms with E-state index in [9.17, 15) is 18.8 Å². The zero-order valence-corrected chi connectivity index (χ0v) is 19.8. The van der Waals surface area contributed by atoms with Gasteiger partial charge in [-0.3, -0.25) is 19.1 Å². The molecule has 4 aromatic rings. The normalized spacial score (nSPS) is 11.0. The maximum Gasteiger partial charge on any atom is 0.330 e. The van der Waals surface area contributed by atoms with Crippen molar-refractivity contribution in [2.45, 2.75) is 33.4 Å². The molecular formula is C24H25FN8O3. The molecule has 36 heavy (non-hydrogen) atoms. The Hall–Kier alpha value is -4.61. The second kappa shape index (κ2) is 10.3. The van der Waals surface area contributed by atoms with E-state index in [1.54, 1.807) is 13.0 Å². The van der Waals surface area contributed by atoms with Gasteiger partial charge in [0.2, 0.25) is 5.82 Å². The summed E-state index contributed by atoms with van der Waals surface area (Å²) in [5.41, 5.74) is 6.48. The van der Waals surface area contributed by atoms with Crippen LogP contribution >= 0.6 is 0 Å². The van der Waals surface area contributed by atoms with Crippen LogP contribution < -0.4 is 21.9 Å². The fraction of sp³-hybridized carbons (Fsp3) is 0.250. The molecule has 0 bridgehead atoms. The lowest BCUT2D eigenvalue weighted by atomic mass is 10.1. The maximum atomic E-state index is 13.6. The molecule has 0 saturated carbocycles. The first-order valence-corrected chi connectivity index (χ1v) is 11.3. The number of hydrogen-bond donors (Lipinski definition) is 2. The lowest BCUT2D eigenvalue weighted by Gasteiger charge is -2.23. The van der Waals surface area contributed by atoms with Gasteiger partial charge in [-0.25, -0.2) is 9.18 Å². The van der Waals surface area contributed by atoms with Crippen LogP contribution in [0.1, 0.15) is 24.5 Å². The Morgan fingerprint density at radius 1 is 1.17 bits per heavy atom. The summed E-state index contributed by atoms with van der Waals surface area (Å²) in [6.45, 7) is 3.43. The predicted molar refractivity (Wildman–Crippen MR) is 132 cm³/mol. The highest BCUT2D eigenvalue weighted by molar-refractivity contribution is 5.95. The van der Waals surface area contributed by atoms with Crippen molar-refractivity contribution in [2.75, 3.05) is 17.2 Å². The number of tetrazole rings is 1. The van der Waals surface area contributed by atoms with Gasteiger partial charge < -0.3 is 10.6 Å². The molecular weight excluding hydrogens is 467 g/mol. The molecule has 2 aromatic carbocycles. The number of aromatic nitrogens is 6. The number of nitrogen functional groups attached to an aromatic ring is 1. The molecule has 0 saturated heterocycles. The number of nitrogens with two attached hydrogens (primary N) is 1. The minimum Gasteiger partial charge on any atom is -0.383 e. The Kier molecular flexibility index (Phi) is 7.04. The molecule has 11 nitrogen and oxygen atoms in total. The van der Waals surface area contributed by atoms with Crippen molar-refractivity contribution >= 4 is 17.4 Å². The molecule has 0 aliphatic heterocycles. The number of halogens is 1. The van der Waals surface area contributed by atoms with Gasteiger partial charge in [0.1, 0.15) is 18.2 Å². The average Bonchev–Trinajstić information content (AvgIpc) is 3.32. The fourth-order valence-electron chi connectivity index (χ4n) is 3.76. The van der Waals surface area contributed by atoms with Gasteiger partial charge in [0.25, 0.3) is 11.5 Å². The van der Waals surface area contributed by atoms with Crippen molar-refractivity contribution in [1.29, 1.82) is 0 Å². The van der Waals surface area contributed by atoms with Crippen LogP contribution in [0.15, 0.2) is 58.1 Å². The second-order valence-corrected chi connectivity index (χ2v) is 8.22. The van der Waals surface area contributed by atoms with E-state index in [2.05, 4.69) is 20.4 Å². The van der Waals surface area contributed by atoms with E-state index in [4.69, 9.17) is 5.73 Å². The third-order valence-corrected chi connectivity index (χ3v) is 5.56. The van der Waals surface area contributed by atoms with Crippen LogP contribution in [0.4, 0.5) is 15.9 Å². The van der Waals surface area contributed by atoms with Crippen LogP contribution in [0.2, 0.25) is 0 Å². The summed E-state index contributed by atoms with van der Waals surface area (Å²) in [7, 11) is 0. The van der Waals surface area contributed by atoms with Crippen LogP contribution in [-0.4, -0.2) is 42.2 Å². The minimum absolute atomic E-state index is 0.119. The largest absolute Gasteiger partial charge is 0.383 e. The Balaban J connectivity index is 1.64. The molecule has 0 aliphatic carbocycles. The monoisotopic (exact) mass is 492 g/mol. The molecule has 0 fully saturated rings. The molecule has 3 N–H and O–H groups in total. The van der Waals surface area contributed by atoms with Gasteiger partial charge in [-0.15, -0.1) is 10.2 Å². The maximum absolute atomic E-state index is 13.6. The second-order valence-electron chi connectivity index (χ2n) is 8.22. The van der Waals surface area contributed by atoms with E-state index in [0.717, 1.165) is 10.4 Å². The first kappa shape index (κ1) is 24.5. The highest BCUT2D eigenvalue weighted by Gasteiger charge is 2.25. The molecule has 0 radical (unpaired) electrons. The highest BCUT2D eigenvalue weighted by Crippen LogP contribution is 2.20. The zero-order chi connectivity index (χ0) is 25.8. The smallest absolute Gasteiger partial charge is 0.330 e. The van der Waals surface area contributed by atoms with Crippen molar-refractivity contribution in [2.24, 2.45) is 0 Å². The summed E-state index contributed by atoms with van der Waals surface area (Å²) in [6, 6.07) is 13.5. The summed E-state index contributed by atoms with van der Waals surface area (Å²) in [6.07, 6.45) is 0.521. The molecule has 0 aliphatic rings. The van der Waals surface area contributed by atoms with Crippen LogP contribution in [0.3, 0.4) is 0 Å². The van der Waals surface area contributed by atoms with Crippen molar-refractivity contribution < 1.29 is 9.18 Å². The molecule has 186 valence electrons. The third kappa shape index (κ3) is 5.06. The zero-order valence-electron chi connectivity index (χ0n) is 19.8. The van der Waals surface area contributed by atoms with Crippen molar-refractivity contribution in [3.05, 3.63) is 86.3 Å². The number of carbonyl (C=O) groups excluding carboxylic acids is 1. The van der Waals surface area contributed by atoms with Gasteiger partial charge in [-0.1, -0.05) is 37.3 Å². The number of H-pyrrole nitrogens is 1. The topological polar surface area (TPSA) is 145 Å². The lowest BCUT2D eigenvalue weighted by molar-refractivity contribution is -0.119. The number of amides is 1. The molecule has 2 aromatic heterocycles. The first-order valence-electron chi connectivity index (χ1n) is 11.3. The Morgan fingerprint density at radius 2 is 1.92 bits per heavy atom. The highest BCUT2D eigenvalue weighted by atomic mass is 19.1. The van der Waals surface area contributed by atoms with E-state index >= 15 is 0 Å². The number of hydrogen-bond acceptors (Lipinski definition) is 7. The summed E-state index contributed by atoms with van der Waals surface area (Å²) in [5.74, 6) is -0.767. The number of benzene rings is 2. The number of nitrogens with zero attached hydrogens (tertiary/aromatic N) is 6. The standard InChI is InChI=1S/C24H25FN8O3/c1-3-11-31(19(34)14-33-29-22(28-30-33)17-9-10-18(25)15(2)12-17)20-21(26)32(24(36)27-23(20)35)13-16-7-5-4-6-8-16/h4-10,12H,3,11,13-14,26H2,1-2H3,(H,27,35,36). The Labute approximate surface area is 205 Å². The third-order valence-electron chi connectivity index (χ3n) is 5.56. The summed E-state index contributed by atoms with van der Waals surface area (Å²) >= 11 is 0. The van der Waals surface area contributed by atoms with Gasteiger partial charge in [0.05, 0.1) is 6.54 Å². The molecule has 2 heterocycles. The summed E-state index contributed by atoms with van der Waals surface area (Å²) in [5, 5.41) is 12.1. The number of aromatic amines is 1. The average molecular weight is 493 g/mol. The fourth-order valence-corrected chi connectivity index (χ4v) is 3.76. The number of carbonyl (C=O) groups is 1. The lowest BCUT2D eigenvalue weighted by Crippen LogP contribution is -2.43. The van der Waals surface area contributed by atoms with Crippen molar-refractivity contribution in [1.82, 2.24) is 29.8 Å². The summed E-state index contributed by atoms with van der Waals surface area (Å²) in [4.78, 5) is 43.1. The molecule has 0 spiro atoms. The number of rotatable bonds is 8. The van der Waals surface area contributed by atoms with E-state index in [1.165, 1.54) is 21.6 Å². The number of aryl methyl sites for hydroxylation is 1. The molecule has 12 heteroatoms. The molecule has 4 rings (SSSR count). The minimum atomic E-state index is -0.766. The summed E-state index contributed by atoms with van der Waals surface area (Å²) < 4.78 is 14.8.